The summed E-state index contributed by atoms with van der Waals surface area (Å²) in [6.07, 6.45) is 6.73. The lowest BCUT2D eigenvalue weighted by atomic mass is 10.2. The van der Waals surface area contributed by atoms with E-state index in [2.05, 4.69) is 15.3 Å². The van der Waals surface area contributed by atoms with Gasteiger partial charge in [0, 0.05) is 38.2 Å². The fourth-order valence-corrected chi connectivity index (χ4v) is 4.00. The Morgan fingerprint density at radius 2 is 1.80 bits per heavy atom. The minimum atomic E-state index is -0.752. The number of allylic oxidation sites excluding steroid dienone is 1. The molecule has 0 bridgehead atoms. The van der Waals surface area contributed by atoms with Crippen molar-refractivity contribution in [3.63, 3.8) is 0 Å². The van der Waals surface area contributed by atoms with Crippen molar-refractivity contribution in [1.29, 1.82) is 0 Å². The van der Waals surface area contributed by atoms with E-state index in [0.29, 0.717) is 29.7 Å². The molecule has 0 aliphatic heterocycles. The highest BCUT2D eigenvalue weighted by Gasteiger charge is 2.16. The van der Waals surface area contributed by atoms with Crippen molar-refractivity contribution in [1.82, 2.24) is 24.0 Å². The first-order valence-electron chi connectivity index (χ1n) is 12.4. The highest BCUT2D eigenvalue weighted by Crippen LogP contribution is 2.21. The van der Waals surface area contributed by atoms with Crippen molar-refractivity contribution in [2.45, 2.75) is 32.4 Å². The summed E-state index contributed by atoms with van der Waals surface area (Å²) in [5.74, 6) is -2.22. The van der Waals surface area contributed by atoms with Crippen LogP contribution in [0.4, 0.5) is 18.9 Å². The number of anilines is 1. The maximum Gasteiger partial charge on any atom is 0.277 e. The van der Waals surface area contributed by atoms with Crippen LogP contribution in [0, 0.1) is 17.5 Å². The Hall–Kier alpha value is -4.74. The zero-order valence-corrected chi connectivity index (χ0v) is 21.9. The predicted molar refractivity (Wildman–Crippen MR) is 143 cm³/mol. The van der Waals surface area contributed by atoms with Gasteiger partial charge >= 0.3 is 0 Å². The van der Waals surface area contributed by atoms with Crippen LogP contribution in [0.2, 0.25) is 0 Å². The minimum absolute atomic E-state index is 0.0379. The molecule has 0 saturated carbocycles. The molecule has 1 N–H and O–H groups in total. The molecule has 9 nitrogen and oxygen atoms in total. The number of rotatable bonds is 10. The minimum Gasteiger partial charge on any atom is -0.345 e. The number of nitrogens with one attached hydrogen (secondary N) is 1. The molecule has 0 spiro atoms. The fourth-order valence-electron chi connectivity index (χ4n) is 4.00. The Bertz CT molecular complexity index is 1640. The third kappa shape index (κ3) is 6.82. The van der Waals surface area contributed by atoms with Crippen LogP contribution in [-0.2, 0) is 22.7 Å². The molecular formula is C28H27F3N6O3. The Morgan fingerprint density at radius 1 is 1.05 bits per heavy atom. The van der Waals surface area contributed by atoms with E-state index in [1.165, 1.54) is 52.3 Å². The van der Waals surface area contributed by atoms with E-state index in [-0.39, 0.29) is 36.7 Å². The van der Waals surface area contributed by atoms with Gasteiger partial charge in [-0.1, -0.05) is 12.1 Å². The summed E-state index contributed by atoms with van der Waals surface area (Å²) in [7, 11) is 3.28. The number of aromatic nitrogens is 4. The number of unbranched alkanes of at least 4 members (excludes halogenated alkanes) is 1. The molecule has 2 aromatic heterocycles. The van der Waals surface area contributed by atoms with Crippen LogP contribution in [0.15, 0.2) is 65.9 Å². The number of nitrogens with zero attached hydrogens (tertiary/aromatic N) is 5. The molecule has 208 valence electrons. The fraction of sp³-hybridized carbons (Fsp3) is 0.250. The lowest BCUT2D eigenvalue weighted by Gasteiger charge is -2.12. The molecule has 0 aliphatic carbocycles. The van der Waals surface area contributed by atoms with Gasteiger partial charge in [-0.05, 0) is 37.1 Å². The number of hydrogen-bond donors (Lipinski definition) is 1. The molecular weight excluding hydrogens is 525 g/mol. The van der Waals surface area contributed by atoms with Gasteiger partial charge in [0.05, 0.1) is 36.6 Å². The maximum absolute atomic E-state index is 14.4. The summed E-state index contributed by atoms with van der Waals surface area (Å²) < 4.78 is 44.6. The van der Waals surface area contributed by atoms with E-state index in [1.807, 2.05) is 0 Å². The molecule has 4 rings (SSSR count). The van der Waals surface area contributed by atoms with Crippen molar-refractivity contribution >= 4 is 28.5 Å². The monoisotopic (exact) mass is 552 g/mol. The summed E-state index contributed by atoms with van der Waals surface area (Å²) in [6, 6.07) is 7.17. The number of benzene rings is 2. The second-order valence-corrected chi connectivity index (χ2v) is 9.30. The summed E-state index contributed by atoms with van der Waals surface area (Å²) in [4.78, 5) is 47.0. The Labute approximate surface area is 227 Å². The molecule has 0 aliphatic rings. The molecule has 2 amide bonds. The van der Waals surface area contributed by atoms with Gasteiger partial charge in [-0.3, -0.25) is 19.0 Å². The smallest absolute Gasteiger partial charge is 0.277 e. The van der Waals surface area contributed by atoms with Crippen LogP contribution in [0.3, 0.4) is 0 Å². The number of fused-ring (bicyclic) bond motifs is 1. The van der Waals surface area contributed by atoms with E-state index in [9.17, 15) is 27.6 Å². The van der Waals surface area contributed by atoms with Gasteiger partial charge in [-0.15, -0.1) is 0 Å². The molecule has 2 aromatic carbocycles. The summed E-state index contributed by atoms with van der Waals surface area (Å²) in [5, 5.41) is 2.56. The summed E-state index contributed by atoms with van der Waals surface area (Å²) in [6.45, 7) is -0.157. The number of carbonyl (C=O) groups excluding carboxylic acids is 2. The lowest BCUT2D eigenvalue weighted by molar-refractivity contribution is -0.123. The largest absolute Gasteiger partial charge is 0.345 e. The Kier molecular flexibility index (Phi) is 8.77. The maximum atomic E-state index is 14.4. The summed E-state index contributed by atoms with van der Waals surface area (Å²) >= 11 is 0. The number of carbonyl (C=O) groups is 2. The second kappa shape index (κ2) is 12.4. The zero-order chi connectivity index (χ0) is 28.8. The van der Waals surface area contributed by atoms with Crippen molar-refractivity contribution < 1.29 is 22.8 Å². The van der Waals surface area contributed by atoms with E-state index in [4.69, 9.17) is 0 Å². The highest BCUT2D eigenvalue weighted by molar-refractivity contribution is 5.90. The molecule has 0 radical (unpaired) electrons. The molecule has 0 saturated heterocycles. The first kappa shape index (κ1) is 28.3. The topological polar surface area (TPSA) is 102 Å². The normalized spacial score (nSPS) is 11.3. The van der Waals surface area contributed by atoms with Crippen molar-refractivity contribution in [3.05, 3.63) is 100 Å². The van der Waals surface area contributed by atoms with Gasteiger partial charge in [0.2, 0.25) is 11.8 Å². The van der Waals surface area contributed by atoms with Crippen LogP contribution >= 0.6 is 0 Å². The van der Waals surface area contributed by atoms with Gasteiger partial charge < -0.3 is 14.8 Å². The third-order valence-electron chi connectivity index (χ3n) is 6.10. The van der Waals surface area contributed by atoms with Gasteiger partial charge in [0.25, 0.3) is 5.56 Å². The number of likely N-dealkylation sites (N-methyl/N-ethyl adjacent to an activating group) is 1. The number of amides is 2. The molecule has 0 atom stereocenters. The Balaban J connectivity index is 1.52. The lowest BCUT2D eigenvalue weighted by Crippen LogP contribution is -2.27. The van der Waals surface area contributed by atoms with Gasteiger partial charge in [-0.25, -0.2) is 23.1 Å². The SMILES string of the molecule is CN(C)C(=O)/C=C/CCCC(=O)Nc1cncn(Cc2nc3cc(F)ccc3n2Cc2ccc(F)cc2F)c1=O. The quantitative estimate of drug-likeness (QED) is 0.238. The van der Waals surface area contributed by atoms with Crippen LogP contribution in [-0.4, -0.2) is 49.9 Å². The Morgan fingerprint density at radius 3 is 2.55 bits per heavy atom. The second-order valence-electron chi connectivity index (χ2n) is 9.30. The van der Waals surface area contributed by atoms with Crippen molar-refractivity contribution in [2.24, 2.45) is 0 Å². The van der Waals surface area contributed by atoms with E-state index < -0.39 is 28.9 Å². The molecule has 0 fully saturated rings. The summed E-state index contributed by atoms with van der Waals surface area (Å²) in [5.41, 5.74) is 0.386. The first-order chi connectivity index (χ1) is 19.1. The van der Waals surface area contributed by atoms with E-state index >= 15 is 0 Å². The van der Waals surface area contributed by atoms with Gasteiger partial charge in [0.15, 0.2) is 0 Å². The molecule has 2 heterocycles. The first-order valence-corrected chi connectivity index (χ1v) is 12.4. The number of imidazole rings is 1. The van der Waals surface area contributed by atoms with Crippen LogP contribution < -0.4 is 10.9 Å². The highest BCUT2D eigenvalue weighted by atomic mass is 19.1. The molecule has 12 heteroatoms. The van der Waals surface area contributed by atoms with E-state index in [1.54, 1.807) is 24.7 Å². The number of halogens is 3. The van der Waals surface area contributed by atoms with Crippen molar-refractivity contribution in [3.8, 4) is 0 Å². The number of hydrogen-bond acceptors (Lipinski definition) is 5. The average Bonchev–Trinajstić information content (AvgIpc) is 3.23. The third-order valence-corrected chi connectivity index (χ3v) is 6.10. The van der Waals surface area contributed by atoms with Crippen LogP contribution in [0.25, 0.3) is 11.0 Å². The zero-order valence-electron chi connectivity index (χ0n) is 21.9. The molecule has 0 unspecified atom stereocenters. The van der Waals surface area contributed by atoms with Crippen molar-refractivity contribution in [2.75, 3.05) is 19.4 Å². The van der Waals surface area contributed by atoms with E-state index in [0.717, 1.165) is 12.1 Å². The predicted octanol–water partition coefficient (Wildman–Crippen LogP) is 3.86. The average molecular weight is 553 g/mol. The van der Waals surface area contributed by atoms with Crippen LogP contribution in [0.1, 0.15) is 30.7 Å². The van der Waals surface area contributed by atoms with Gasteiger partial charge in [0.1, 0.15) is 29.0 Å². The van der Waals surface area contributed by atoms with Gasteiger partial charge in [-0.2, -0.15) is 0 Å². The molecule has 40 heavy (non-hydrogen) atoms. The van der Waals surface area contributed by atoms with Crippen LogP contribution in [0.5, 0.6) is 0 Å². The molecule has 4 aromatic rings. The standard InChI is InChI=1S/C28H27F3N6O3/c1-35(2)27(39)7-5-3-4-6-26(38)34-23-14-32-17-36(28(23)40)16-25-33-22-13-20(30)10-11-24(22)37(25)15-18-8-9-19(29)12-21(18)31/h5,7-14,17H,3-4,6,15-16H2,1-2H3,(H,34,38)/b7-5+.